The van der Waals surface area contributed by atoms with Gasteiger partial charge in [0.05, 0.1) is 0 Å². The van der Waals surface area contributed by atoms with Crippen molar-refractivity contribution in [2.45, 2.75) is 6.92 Å². The van der Waals surface area contributed by atoms with Crippen LogP contribution in [0.4, 0.5) is 22.7 Å². The van der Waals surface area contributed by atoms with Crippen LogP contribution in [0.5, 0.6) is 11.5 Å². The van der Waals surface area contributed by atoms with E-state index >= 15 is 0 Å². The monoisotopic (exact) mass is 978 g/mol. The first kappa shape index (κ1) is 37.6. The van der Waals surface area contributed by atoms with Crippen molar-refractivity contribution in [1.29, 1.82) is 0 Å². The molecule has 0 bridgehead atoms. The number of fused-ring (bicyclic) bond motifs is 1. The molecule has 300 valence electrons. The Morgan fingerprint density at radius 3 is 1.84 bits per heavy atom. The minimum Gasteiger partial charge on any atom is -0.509 e. The molecule has 7 heteroatoms. The summed E-state index contributed by atoms with van der Waals surface area (Å²) in [4.78, 5) is 9.49. The molecule has 0 aliphatic carbocycles. The number of aromatic nitrogens is 2. The van der Waals surface area contributed by atoms with Crippen molar-refractivity contribution >= 4 is 55.7 Å². The first-order valence-corrected chi connectivity index (χ1v) is 20.4. The van der Waals surface area contributed by atoms with Gasteiger partial charge in [-0.15, -0.1) is 36.6 Å². The van der Waals surface area contributed by atoms with Crippen LogP contribution in [0.3, 0.4) is 0 Å². The first-order valence-electron chi connectivity index (χ1n) is 20.4. The van der Waals surface area contributed by atoms with Gasteiger partial charge in [0.15, 0.2) is 0 Å². The van der Waals surface area contributed by atoms with Crippen LogP contribution in [-0.4, -0.2) is 9.55 Å². The molecule has 8 aromatic carbocycles. The molecule has 1 aliphatic heterocycles. The molecule has 6 nitrogen and oxygen atoms in total. The molecule has 4 heterocycles. The van der Waals surface area contributed by atoms with Crippen LogP contribution in [0.25, 0.3) is 72.2 Å². The van der Waals surface area contributed by atoms with Gasteiger partial charge in [0, 0.05) is 83.6 Å². The van der Waals surface area contributed by atoms with Gasteiger partial charge in [0.1, 0.15) is 11.4 Å². The zero-order chi connectivity index (χ0) is 40.4. The van der Waals surface area contributed by atoms with E-state index in [9.17, 15) is 0 Å². The number of hydrogen-bond acceptors (Lipinski definition) is 5. The summed E-state index contributed by atoms with van der Waals surface area (Å²) in [7, 11) is 0. The van der Waals surface area contributed by atoms with Crippen LogP contribution >= 0.6 is 0 Å². The van der Waals surface area contributed by atoms with Crippen LogP contribution in [0.15, 0.2) is 193 Å². The number of ether oxygens (including phenoxy) is 1. The summed E-state index contributed by atoms with van der Waals surface area (Å²) in [6, 6.07) is 70.0. The van der Waals surface area contributed by atoms with E-state index in [0.29, 0.717) is 11.5 Å². The van der Waals surface area contributed by atoms with Gasteiger partial charge >= 0.3 is 0 Å². The standard InChI is InChI=1S/C55H35N4O2.Pt/c1-36-30-52(56-34-45(36)39-20-9-4-10-21-39)59-48-28-15-29-50-53(48)54-49(59)32-42(33-51(54)61-50)60-41-23-13-22-40(31-41)57-35-58(47-27-12-11-26-46(47)57)55-43(37-16-5-2-6-17-37)24-14-25-44(55)38-18-7-3-8-19-38;/h2-30,33-35H,1H3;/q-3;. The largest absolute Gasteiger partial charge is 0.509 e. The Bertz CT molecular complexity index is 3340. The third-order valence-electron chi connectivity index (χ3n) is 11.6. The molecule has 0 N–H and O–H groups in total. The average Bonchev–Trinajstić information content (AvgIpc) is 4.00. The van der Waals surface area contributed by atoms with Crippen molar-refractivity contribution in [2.24, 2.45) is 0 Å². The summed E-state index contributed by atoms with van der Waals surface area (Å²) in [6.45, 7) is 4.29. The molecular weight excluding hydrogens is 944 g/mol. The maximum absolute atomic E-state index is 6.68. The van der Waals surface area contributed by atoms with Crippen LogP contribution < -0.4 is 14.5 Å². The molecule has 11 aromatic rings. The van der Waals surface area contributed by atoms with E-state index in [1.165, 1.54) is 0 Å². The molecule has 0 atom stereocenters. The fourth-order valence-corrected chi connectivity index (χ4v) is 8.91. The SMILES string of the molecule is Cc1cc(-n2c3[c-]c(Oc4[c-]c(N5[CH-]N(c6c(-c7ccccc7)cccc6-c6ccccc6)c6ccccc65)ccc4)cc4oc5cccc2c5c43)ncc1-c1ccccc1.[Pt]. The molecular formula is C55H35N4O2Pt-3. The third-order valence-corrected chi connectivity index (χ3v) is 11.6. The smallest absolute Gasteiger partial charge is 0.135 e. The van der Waals surface area contributed by atoms with E-state index in [0.717, 1.165) is 100 Å². The Labute approximate surface area is 373 Å². The van der Waals surface area contributed by atoms with Gasteiger partial charge in [0.25, 0.3) is 0 Å². The van der Waals surface area contributed by atoms with Gasteiger partial charge in [-0.25, -0.2) is 4.98 Å². The summed E-state index contributed by atoms with van der Waals surface area (Å²) < 4.78 is 15.3. The Morgan fingerprint density at radius 1 is 0.548 bits per heavy atom. The van der Waals surface area contributed by atoms with Crippen molar-refractivity contribution < 1.29 is 30.2 Å². The van der Waals surface area contributed by atoms with Gasteiger partial charge < -0.3 is 23.5 Å². The Morgan fingerprint density at radius 2 is 1.16 bits per heavy atom. The maximum Gasteiger partial charge on any atom is 0.135 e. The van der Waals surface area contributed by atoms with Crippen molar-refractivity contribution in [3.63, 3.8) is 0 Å². The van der Waals surface area contributed by atoms with Crippen LogP contribution in [-0.2, 0) is 21.1 Å². The Kier molecular flexibility index (Phi) is 9.25. The normalized spacial score (nSPS) is 12.3. The first-order chi connectivity index (χ1) is 30.2. The summed E-state index contributed by atoms with van der Waals surface area (Å²) in [5, 5.41) is 2.05. The van der Waals surface area contributed by atoms with E-state index in [2.05, 4.69) is 186 Å². The quantitative estimate of drug-likeness (QED) is 0.142. The van der Waals surface area contributed by atoms with Crippen LogP contribution in [0.2, 0.25) is 0 Å². The fourth-order valence-electron chi connectivity index (χ4n) is 8.91. The average molecular weight is 979 g/mol. The zero-order valence-electron chi connectivity index (χ0n) is 33.4. The maximum atomic E-state index is 6.68. The van der Waals surface area contributed by atoms with E-state index in [1.807, 2.05) is 42.6 Å². The number of anilines is 4. The molecule has 1 aliphatic rings. The second-order valence-electron chi connectivity index (χ2n) is 15.3. The van der Waals surface area contributed by atoms with Crippen LogP contribution in [0, 0.1) is 25.7 Å². The van der Waals surface area contributed by atoms with Gasteiger partial charge in [-0.1, -0.05) is 144 Å². The van der Waals surface area contributed by atoms with E-state index in [-0.39, 0.29) is 21.1 Å². The van der Waals surface area contributed by atoms with E-state index in [1.54, 1.807) is 0 Å². The number of pyridine rings is 1. The number of hydrogen-bond donors (Lipinski definition) is 0. The Balaban J connectivity index is 0.00000432. The number of benzene rings is 8. The predicted octanol–water partition coefficient (Wildman–Crippen LogP) is 14.5. The Hall–Kier alpha value is -7.40. The summed E-state index contributed by atoms with van der Waals surface area (Å²) in [6.07, 6.45) is 1.96. The molecule has 0 amide bonds. The zero-order valence-corrected chi connectivity index (χ0v) is 35.7. The number of nitrogens with zero attached hydrogens (tertiary/aromatic N) is 4. The molecule has 0 saturated heterocycles. The number of rotatable bonds is 8. The summed E-state index contributed by atoms with van der Waals surface area (Å²) in [5.41, 5.74) is 15.4. The molecule has 12 rings (SSSR count). The van der Waals surface area contributed by atoms with Crippen molar-refractivity contribution in [2.75, 3.05) is 9.80 Å². The second kappa shape index (κ2) is 15.3. The van der Waals surface area contributed by atoms with Crippen molar-refractivity contribution in [3.8, 4) is 50.7 Å². The number of para-hydroxylation sites is 3. The molecule has 0 unspecified atom stereocenters. The summed E-state index contributed by atoms with van der Waals surface area (Å²) >= 11 is 0. The second-order valence-corrected chi connectivity index (χ2v) is 15.3. The molecule has 0 spiro atoms. The molecule has 0 fully saturated rings. The third kappa shape index (κ3) is 6.17. The topological polar surface area (TPSA) is 46.7 Å². The van der Waals surface area contributed by atoms with Gasteiger partial charge in [-0.2, -0.15) is 6.07 Å². The van der Waals surface area contributed by atoms with Gasteiger partial charge in [0.2, 0.25) is 0 Å². The summed E-state index contributed by atoms with van der Waals surface area (Å²) in [5.74, 6) is 1.88. The van der Waals surface area contributed by atoms with E-state index in [4.69, 9.17) is 14.1 Å². The number of aryl methyl sites for hydroxylation is 1. The molecule has 3 aromatic heterocycles. The predicted molar refractivity (Wildman–Crippen MR) is 246 cm³/mol. The van der Waals surface area contributed by atoms with Gasteiger partial charge in [-0.05, 0) is 64.9 Å². The van der Waals surface area contributed by atoms with Crippen molar-refractivity contribution in [3.05, 3.63) is 213 Å². The minimum atomic E-state index is 0. The minimum absolute atomic E-state index is 0. The molecule has 62 heavy (non-hydrogen) atoms. The van der Waals surface area contributed by atoms with Gasteiger partial charge in [-0.3, -0.25) is 0 Å². The van der Waals surface area contributed by atoms with E-state index < -0.39 is 0 Å². The molecule has 0 radical (unpaired) electrons. The fraction of sp³-hybridized carbons (Fsp3) is 0.0182. The number of furan rings is 1. The van der Waals surface area contributed by atoms with Crippen molar-refractivity contribution in [1.82, 2.24) is 9.55 Å². The molecule has 0 saturated carbocycles. The van der Waals surface area contributed by atoms with Crippen LogP contribution in [0.1, 0.15) is 5.56 Å².